The zero-order valence-corrected chi connectivity index (χ0v) is 8.77. The van der Waals surface area contributed by atoms with Gasteiger partial charge in [0.15, 0.2) is 0 Å². The second kappa shape index (κ2) is 3.59. The summed E-state index contributed by atoms with van der Waals surface area (Å²) in [4.78, 5) is 2.00. The van der Waals surface area contributed by atoms with Crippen molar-refractivity contribution in [2.45, 2.75) is 18.9 Å². The van der Waals surface area contributed by atoms with E-state index in [-0.39, 0.29) is 0 Å². The highest BCUT2D eigenvalue weighted by Gasteiger charge is 2.20. The molecular formula is C8H14N4S. The van der Waals surface area contributed by atoms with Gasteiger partial charge in [-0.3, -0.25) is 0 Å². The molecule has 1 N–H and O–H groups in total. The third-order valence-corrected chi connectivity index (χ3v) is 3.38. The van der Waals surface area contributed by atoms with Crippen molar-refractivity contribution in [1.82, 2.24) is 15.5 Å². The Morgan fingerprint density at radius 1 is 1.46 bits per heavy atom. The molecule has 1 saturated heterocycles. The molecule has 1 aromatic rings. The third-order valence-electron chi connectivity index (χ3n) is 2.17. The highest BCUT2D eigenvalue weighted by molar-refractivity contribution is 7.15. The number of nitrogens with zero attached hydrogens (tertiary/aromatic N) is 3. The SMILES string of the molecule is CN(C)c1nnc(C2CCCN2)s1. The molecule has 0 aromatic carbocycles. The molecule has 4 nitrogen and oxygen atoms in total. The minimum Gasteiger partial charge on any atom is -0.353 e. The van der Waals surface area contributed by atoms with Crippen LogP contribution in [-0.2, 0) is 0 Å². The maximum Gasteiger partial charge on any atom is 0.207 e. The Hall–Kier alpha value is -0.680. The van der Waals surface area contributed by atoms with Crippen LogP contribution in [0.4, 0.5) is 5.13 Å². The van der Waals surface area contributed by atoms with Crippen LogP contribution in [0.1, 0.15) is 23.9 Å². The molecular weight excluding hydrogens is 184 g/mol. The van der Waals surface area contributed by atoms with E-state index in [0.717, 1.165) is 16.7 Å². The summed E-state index contributed by atoms with van der Waals surface area (Å²) in [5, 5.41) is 13.8. The van der Waals surface area contributed by atoms with Crippen molar-refractivity contribution < 1.29 is 0 Å². The van der Waals surface area contributed by atoms with Crippen molar-refractivity contribution in [3.05, 3.63) is 5.01 Å². The standard InChI is InChI=1S/C8H14N4S/c1-12(2)8-11-10-7(13-8)6-4-3-5-9-6/h6,9H,3-5H2,1-2H3. The first-order valence-corrected chi connectivity index (χ1v) is 5.33. The van der Waals surface area contributed by atoms with Crippen molar-refractivity contribution in [3.8, 4) is 0 Å². The monoisotopic (exact) mass is 198 g/mol. The maximum atomic E-state index is 4.18. The van der Waals surface area contributed by atoms with Crippen LogP contribution in [-0.4, -0.2) is 30.8 Å². The summed E-state index contributed by atoms with van der Waals surface area (Å²) in [6, 6.07) is 0.450. The van der Waals surface area contributed by atoms with Gasteiger partial charge in [-0.15, -0.1) is 10.2 Å². The van der Waals surface area contributed by atoms with Gasteiger partial charge < -0.3 is 10.2 Å². The first-order valence-electron chi connectivity index (χ1n) is 4.51. The van der Waals surface area contributed by atoms with Gasteiger partial charge in [-0.25, -0.2) is 0 Å². The van der Waals surface area contributed by atoms with E-state index in [1.807, 2.05) is 19.0 Å². The average molecular weight is 198 g/mol. The largest absolute Gasteiger partial charge is 0.353 e. The summed E-state index contributed by atoms with van der Waals surface area (Å²) in [5.41, 5.74) is 0. The number of nitrogens with one attached hydrogen (secondary N) is 1. The Kier molecular flexibility index (Phi) is 2.46. The summed E-state index contributed by atoms with van der Waals surface area (Å²) in [6.07, 6.45) is 2.45. The molecule has 0 spiro atoms. The van der Waals surface area contributed by atoms with Crippen LogP contribution in [0.15, 0.2) is 0 Å². The number of anilines is 1. The molecule has 1 aromatic heterocycles. The lowest BCUT2D eigenvalue weighted by molar-refractivity contribution is 0.635. The van der Waals surface area contributed by atoms with Gasteiger partial charge in [-0.05, 0) is 19.4 Å². The van der Waals surface area contributed by atoms with Crippen LogP contribution in [0.5, 0.6) is 0 Å². The number of hydrogen-bond donors (Lipinski definition) is 1. The quantitative estimate of drug-likeness (QED) is 0.770. The topological polar surface area (TPSA) is 41.1 Å². The number of rotatable bonds is 2. The Labute approximate surface area is 82.0 Å². The molecule has 72 valence electrons. The lowest BCUT2D eigenvalue weighted by atomic mass is 10.2. The highest BCUT2D eigenvalue weighted by atomic mass is 32.1. The molecule has 1 aliphatic rings. The molecule has 13 heavy (non-hydrogen) atoms. The molecule has 0 amide bonds. The first-order chi connectivity index (χ1) is 6.27. The number of hydrogen-bond acceptors (Lipinski definition) is 5. The lowest BCUT2D eigenvalue weighted by Gasteiger charge is -2.05. The van der Waals surface area contributed by atoms with Crippen LogP contribution in [0.3, 0.4) is 0 Å². The van der Waals surface area contributed by atoms with Gasteiger partial charge in [0.1, 0.15) is 5.01 Å². The van der Waals surface area contributed by atoms with Crippen LogP contribution >= 0.6 is 11.3 Å². The van der Waals surface area contributed by atoms with Gasteiger partial charge in [0, 0.05) is 14.1 Å². The van der Waals surface area contributed by atoms with Gasteiger partial charge in [0.2, 0.25) is 5.13 Å². The molecule has 1 atom stereocenters. The van der Waals surface area contributed by atoms with Crippen LogP contribution in [0.2, 0.25) is 0 Å². The van der Waals surface area contributed by atoms with Gasteiger partial charge in [-0.1, -0.05) is 11.3 Å². The van der Waals surface area contributed by atoms with Crippen LogP contribution in [0.25, 0.3) is 0 Å². The molecule has 0 radical (unpaired) electrons. The predicted octanol–water partition coefficient (Wildman–Crippen LogP) is 1.03. The second-order valence-electron chi connectivity index (χ2n) is 3.47. The molecule has 2 rings (SSSR count). The van der Waals surface area contributed by atoms with Crippen LogP contribution in [0, 0.1) is 0 Å². The van der Waals surface area contributed by atoms with Gasteiger partial charge in [0.05, 0.1) is 6.04 Å². The average Bonchev–Trinajstić information content (AvgIpc) is 2.75. The Morgan fingerprint density at radius 3 is 2.85 bits per heavy atom. The lowest BCUT2D eigenvalue weighted by Crippen LogP contribution is -2.12. The third kappa shape index (κ3) is 1.81. The zero-order valence-electron chi connectivity index (χ0n) is 7.95. The fourth-order valence-electron chi connectivity index (χ4n) is 1.44. The summed E-state index contributed by atoms with van der Waals surface area (Å²) >= 11 is 1.68. The molecule has 0 bridgehead atoms. The second-order valence-corrected chi connectivity index (χ2v) is 4.45. The van der Waals surface area contributed by atoms with E-state index >= 15 is 0 Å². The van der Waals surface area contributed by atoms with E-state index in [0.29, 0.717) is 6.04 Å². The van der Waals surface area contributed by atoms with Crippen molar-refractivity contribution in [2.24, 2.45) is 0 Å². The van der Waals surface area contributed by atoms with E-state index in [9.17, 15) is 0 Å². The normalized spacial score (nSPS) is 22.2. The van der Waals surface area contributed by atoms with E-state index in [1.165, 1.54) is 12.8 Å². The summed E-state index contributed by atoms with van der Waals surface area (Å²) in [5.74, 6) is 0. The van der Waals surface area contributed by atoms with E-state index in [1.54, 1.807) is 11.3 Å². The molecule has 1 unspecified atom stereocenters. The van der Waals surface area contributed by atoms with Crippen LogP contribution < -0.4 is 10.2 Å². The summed E-state index contributed by atoms with van der Waals surface area (Å²) < 4.78 is 0. The Morgan fingerprint density at radius 2 is 2.31 bits per heavy atom. The van der Waals surface area contributed by atoms with Gasteiger partial charge in [0.25, 0.3) is 0 Å². The van der Waals surface area contributed by atoms with Crippen molar-refractivity contribution in [3.63, 3.8) is 0 Å². The fourth-order valence-corrected chi connectivity index (χ4v) is 2.32. The number of aromatic nitrogens is 2. The Balaban J connectivity index is 2.12. The molecule has 1 fully saturated rings. The molecule has 2 heterocycles. The Bertz CT molecular complexity index is 277. The highest BCUT2D eigenvalue weighted by Crippen LogP contribution is 2.28. The fraction of sp³-hybridized carbons (Fsp3) is 0.750. The van der Waals surface area contributed by atoms with E-state index in [4.69, 9.17) is 0 Å². The van der Waals surface area contributed by atoms with E-state index < -0.39 is 0 Å². The van der Waals surface area contributed by atoms with Crippen molar-refractivity contribution in [1.29, 1.82) is 0 Å². The van der Waals surface area contributed by atoms with Crippen molar-refractivity contribution >= 4 is 16.5 Å². The molecule has 0 saturated carbocycles. The molecule has 1 aliphatic heterocycles. The predicted molar refractivity (Wildman–Crippen MR) is 54.2 cm³/mol. The van der Waals surface area contributed by atoms with Gasteiger partial charge >= 0.3 is 0 Å². The summed E-state index contributed by atoms with van der Waals surface area (Å²) in [6.45, 7) is 1.11. The van der Waals surface area contributed by atoms with Crippen molar-refractivity contribution in [2.75, 3.05) is 25.5 Å². The minimum atomic E-state index is 0.450. The smallest absolute Gasteiger partial charge is 0.207 e. The van der Waals surface area contributed by atoms with Gasteiger partial charge in [-0.2, -0.15) is 0 Å². The molecule has 0 aliphatic carbocycles. The summed E-state index contributed by atoms with van der Waals surface area (Å²) in [7, 11) is 3.98. The first kappa shape index (κ1) is 8.90. The zero-order chi connectivity index (χ0) is 9.26. The minimum absolute atomic E-state index is 0.450. The maximum absolute atomic E-state index is 4.18. The van der Waals surface area contributed by atoms with E-state index in [2.05, 4.69) is 15.5 Å². The molecule has 5 heteroatoms.